The van der Waals surface area contributed by atoms with E-state index in [1.807, 2.05) is 0 Å². The molecule has 0 saturated heterocycles. The van der Waals surface area contributed by atoms with Gasteiger partial charge in [0, 0.05) is 6.04 Å². The largest absolute Gasteiger partial charge is 0.463 e. The fourth-order valence-corrected chi connectivity index (χ4v) is 1.51. The third kappa shape index (κ3) is 2.77. The zero-order chi connectivity index (χ0) is 12.3. The van der Waals surface area contributed by atoms with Gasteiger partial charge in [-0.15, -0.1) is 0 Å². The van der Waals surface area contributed by atoms with Gasteiger partial charge in [0.15, 0.2) is 5.96 Å². The Balaban J connectivity index is 1.87. The van der Waals surface area contributed by atoms with E-state index in [4.69, 9.17) is 4.42 Å². The van der Waals surface area contributed by atoms with Crippen LogP contribution in [0.2, 0.25) is 0 Å². The van der Waals surface area contributed by atoms with Crippen molar-refractivity contribution < 1.29 is 13.9 Å². The number of carbonyl (C=O) groups is 1. The number of methoxy groups -OCH3 is 1. The summed E-state index contributed by atoms with van der Waals surface area (Å²) in [5.74, 6) is 1.16. The summed E-state index contributed by atoms with van der Waals surface area (Å²) in [7, 11) is 1.32. The van der Waals surface area contributed by atoms with Crippen molar-refractivity contribution in [2.24, 2.45) is 4.99 Å². The molecule has 1 aromatic heterocycles. The van der Waals surface area contributed by atoms with E-state index < -0.39 is 5.97 Å². The van der Waals surface area contributed by atoms with Gasteiger partial charge in [0.2, 0.25) is 5.76 Å². The van der Waals surface area contributed by atoms with Gasteiger partial charge in [-0.2, -0.15) is 0 Å². The minimum atomic E-state index is -0.471. The summed E-state index contributed by atoms with van der Waals surface area (Å²) in [4.78, 5) is 15.4. The molecule has 0 radical (unpaired) electrons. The average Bonchev–Trinajstić information content (AvgIpc) is 2.94. The first-order chi connectivity index (χ1) is 8.19. The molecule has 6 heteroatoms. The predicted octanol–water partition coefficient (Wildman–Crippen LogP) is 0.503. The first-order valence-electron chi connectivity index (χ1n) is 5.41. The van der Waals surface area contributed by atoms with E-state index in [9.17, 15) is 4.79 Å². The topological polar surface area (TPSA) is 75.9 Å². The van der Waals surface area contributed by atoms with E-state index in [-0.39, 0.29) is 5.76 Å². The summed E-state index contributed by atoms with van der Waals surface area (Å²) in [6, 6.07) is 3.69. The molecule has 2 heterocycles. The second-order valence-corrected chi connectivity index (χ2v) is 3.85. The summed E-state index contributed by atoms with van der Waals surface area (Å²) >= 11 is 0. The number of furan rings is 1. The van der Waals surface area contributed by atoms with Crippen molar-refractivity contribution in [2.45, 2.75) is 19.5 Å². The number of aliphatic imine (C=N–C) groups is 1. The molecule has 1 atom stereocenters. The number of hydrogen-bond donors (Lipinski definition) is 2. The lowest BCUT2D eigenvalue weighted by molar-refractivity contribution is 0.0563. The first kappa shape index (κ1) is 11.5. The van der Waals surface area contributed by atoms with Crippen molar-refractivity contribution in [3.8, 4) is 0 Å². The highest BCUT2D eigenvalue weighted by Crippen LogP contribution is 2.08. The Labute approximate surface area is 99.0 Å². The van der Waals surface area contributed by atoms with Gasteiger partial charge in [0.1, 0.15) is 5.76 Å². The molecule has 2 rings (SSSR count). The van der Waals surface area contributed by atoms with Crippen molar-refractivity contribution in [1.29, 1.82) is 0 Å². The minimum Gasteiger partial charge on any atom is -0.463 e. The highest BCUT2D eigenvalue weighted by molar-refractivity contribution is 5.86. The molecule has 0 saturated carbocycles. The molecule has 0 bridgehead atoms. The molecular formula is C11H15N3O3. The number of nitrogens with one attached hydrogen (secondary N) is 2. The van der Waals surface area contributed by atoms with Crippen LogP contribution in [-0.4, -0.2) is 31.6 Å². The zero-order valence-electron chi connectivity index (χ0n) is 9.82. The van der Waals surface area contributed by atoms with Crippen molar-refractivity contribution in [1.82, 2.24) is 10.6 Å². The average molecular weight is 237 g/mol. The van der Waals surface area contributed by atoms with Crippen LogP contribution in [0.25, 0.3) is 0 Å². The summed E-state index contributed by atoms with van der Waals surface area (Å²) < 4.78 is 9.86. The molecular weight excluding hydrogens is 222 g/mol. The maximum absolute atomic E-state index is 11.2. The quantitative estimate of drug-likeness (QED) is 0.749. The van der Waals surface area contributed by atoms with Crippen molar-refractivity contribution in [2.75, 3.05) is 13.7 Å². The van der Waals surface area contributed by atoms with E-state index in [1.165, 1.54) is 7.11 Å². The first-order valence-corrected chi connectivity index (χ1v) is 5.41. The fraction of sp³-hybridized carbons (Fsp3) is 0.455. The summed E-state index contributed by atoms with van der Waals surface area (Å²) in [6.45, 7) is 3.31. The Morgan fingerprint density at radius 2 is 2.53 bits per heavy atom. The van der Waals surface area contributed by atoms with Crippen molar-refractivity contribution in [3.05, 3.63) is 23.7 Å². The highest BCUT2D eigenvalue weighted by atomic mass is 16.5. The molecule has 0 spiro atoms. The van der Waals surface area contributed by atoms with Crippen LogP contribution < -0.4 is 10.6 Å². The van der Waals surface area contributed by atoms with Gasteiger partial charge in [-0.1, -0.05) is 0 Å². The minimum absolute atomic E-state index is 0.207. The van der Waals surface area contributed by atoms with Crippen molar-refractivity contribution in [3.63, 3.8) is 0 Å². The standard InChI is InChI=1S/C11H15N3O3/c1-7-5-12-11(14-7)13-6-8-3-4-9(17-8)10(15)16-2/h3-4,7H,5-6H2,1-2H3,(H2,12,13,14). The molecule has 1 aromatic rings. The Hall–Kier alpha value is -1.98. The van der Waals surface area contributed by atoms with Crippen LogP contribution in [0.1, 0.15) is 23.2 Å². The lowest BCUT2D eigenvalue weighted by atomic mass is 10.4. The number of hydrogen-bond acceptors (Lipinski definition) is 6. The van der Waals surface area contributed by atoms with E-state index in [0.29, 0.717) is 18.3 Å². The van der Waals surface area contributed by atoms with Crippen molar-refractivity contribution >= 4 is 11.9 Å². The van der Waals surface area contributed by atoms with Gasteiger partial charge in [0.05, 0.1) is 20.2 Å². The SMILES string of the molecule is COC(=O)c1ccc(CNC2=NCC(C)N2)o1. The molecule has 2 N–H and O–H groups in total. The van der Waals surface area contributed by atoms with Crippen LogP contribution in [0.5, 0.6) is 0 Å². The summed E-state index contributed by atoms with van der Waals surface area (Å²) in [5, 5.41) is 6.26. The highest BCUT2D eigenvalue weighted by Gasteiger charge is 2.14. The molecule has 0 aromatic carbocycles. The molecule has 0 fully saturated rings. The van der Waals surface area contributed by atoms with Crippen LogP contribution in [0, 0.1) is 0 Å². The molecule has 6 nitrogen and oxygen atoms in total. The predicted molar refractivity (Wildman–Crippen MR) is 61.8 cm³/mol. The van der Waals surface area contributed by atoms with Crippen LogP contribution in [0.4, 0.5) is 0 Å². The number of rotatable bonds is 3. The Morgan fingerprint density at radius 1 is 1.71 bits per heavy atom. The van der Waals surface area contributed by atoms with Gasteiger partial charge in [-0.3, -0.25) is 4.99 Å². The van der Waals surface area contributed by atoms with Gasteiger partial charge in [-0.25, -0.2) is 4.79 Å². The Bertz CT molecular complexity index is 439. The number of nitrogens with zero attached hydrogens (tertiary/aromatic N) is 1. The summed E-state index contributed by atoms with van der Waals surface area (Å²) in [5.41, 5.74) is 0. The monoisotopic (exact) mass is 237 g/mol. The maximum atomic E-state index is 11.2. The molecule has 92 valence electrons. The molecule has 1 aliphatic rings. The van der Waals surface area contributed by atoms with Crippen LogP contribution in [-0.2, 0) is 11.3 Å². The second-order valence-electron chi connectivity index (χ2n) is 3.85. The van der Waals surface area contributed by atoms with E-state index >= 15 is 0 Å². The van der Waals surface area contributed by atoms with Crippen LogP contribution in [0.3, 0.4) is 0 Å². The zero-order valence-corrected chi connectivity index (χ0v) is 9.82. The van der Waals surface area contributed by atoms with Gasteiger partial charge >= 0.3 is 5.97 Å². The van der Waals surface area contributed by atoms with Crippen LogP contribution >= 0.6 is 0 Å². The van der Waals surface area contributed by atoms with Crippen LogP contribution in [0.15, 0.2) is 21.5 Å². The Kier molecular flexibility index (Phi) is 3.32. The maximum Gasteiger partial charge on any atom is 0.373 e. The normalized spacial score (nSPS) is 18.5. The van der Waals surface area contributed by atoms with E-state index in [1.54, 1.807) is 12.1 Å². The van der Waals surface area contributed by atoms with E-state index in [0.717, 1.165) is 12.5 Å². The Morgan fingerprint density at radius 3 is 3.18 bits per heavy atom. The summed E-state index contributed by atoms with van der Waals surface area (Å²) in [6.07, 6.45) is 0. The van der Waals surface area contributed by atoms with Gasteiger partial charge in [-0.05, 0) is 19.1 Å². The molecule has 0 amide bonds. The number of esters is 1. The molecule has 17 heavy (non-hydrogen) atoms. The third-order valence-electron chi connectivity index (χ3n) is 2.38. The lowest BCUT2D eigenvalue weighted by Crippen LogP contribution is -2.37. The van der Waals surface area contributed by atoms with E-state index in [2.05, 4.69) is 27.3 Å². The molecule has 0 aliphatic carbocycles. The second kappa shape index (κ2) is 4.90. The van der Waals surface area contributed by atoms with Gasteiger partial charge in [0.25, 0.3) is 0 Å². The third-order valence-corrected chi connectivity index (χ3v) is 2.38. The van der Waals surface area contributed by atoms with Gasteiger partial charge < -0.3 is 19.8 Å². The fourth-order valence-electron chi connectivity index (χ4n) is 1.51. The molecule has 1 aliphatic heterocycles. The number of guanidine groups is 1. The molecule has 1 unspecified atom stereocenters. The number of ether oxygens (including phenoxy) is 1. The smallest absolute Gasteiger partial charge is 0.373 e. The number of carbonyl (C=O) groups excluding carboxylic acids is 1. The lowest BCUT2D eigenvalue weighted by Gasteiger charge is -2.06.